The summed E-state index contributed by atoms with van der Waals surface area (Å²) in [4.78, 5) is 11.6. The molecule has 4 rings (SSSR count). The van der Waals surface area contributed by atoms with E-state index in [1.54, 1.807) is 19.9 Å². The lowest BCUT2D eigenvalue weighted by atomic mass is 10.0. The van der Waals surface area contributed by atoms with Crippen LogP contribution in [0, 0.1) is 0 Å². The summed E-state index contributed by atoms with van der Waals surface area (Å²) in [7, 11) is 0. The minimum absolute atomic E-state index is 0.172. The molecule has 5 nitrogen and oxygen atoms in total. The van der Waals surface area contributed by atoms with Crippen LogP contribution in [-0.4, -0.2) is 21.7 Å². The minimum atomic E-state index is -4.59. The summed E-state index contributed by atoms with van der Waals surface area (Å²) in [5, 5.41) is 10.6. The molecule has 33 heavy (non-hydrogen) atoms. The van der Waals surface area contributed by atoms with Crippen molar-refractivity contribution in [2.75, 3.05) is 0 Å². The molecule has 2 heterocycles. The molecule has 0 saturated carbocycles. The van der Waals surface area contributed by atoms with E-state index in [1.807, 2.05) is 6.07 Å². The van der Waals surface area contributed by atoms with Gasteiger partial charge in [-0.05, 0) is 56.5 Å². The summed E-state index contributed by atoms with van der Waals surface area (Å²) in [5.41, 5.74) is 1.62. The van der Waals surface area contributed by atoms with Gasteiger partial charge >= 0.3 is 12.1 Å². The van der Waals surface area contributed by atoms with E-state index >= 15 is 0 Å². The molecular formula is C24H23ClF3NO4. The van der Waals surface area contributed by atoms with Crippen LogP contribution in [0.1, 0.15) is 42.7 Å². The molecule has 0 amide bonds. The third kappa shape index (κ3) is 4.62. The lowest BCUT2D eigenvalue weighted by Gasteiger charge is -2.18. The van der Waals surface area contributed by atoms with E-state index in [9.17, 15) is 23.1 Å². The van der Waals surface area contributed by atoms with Crippen LogP contribution in [-0.2, 0) is 37.0 Å². The maximum Gasteiger partial charge on any atom is 0.419 e. The van der Waals surface area contributed by atoms with Crippen LogP contribution < -0.4 is 9.47 Å². The van der Waals surface area contributed by atoms with Crippen LogP contribution in [0.25, 0.3) is 10.9 Å². The Balaban J connectivity index is 1.68. The second-order valence-corrected chi connectivity index (χ2v) is 8.68. The average molecular weight is 482 g/mol. The van der Waals surface area contributed by atoms with Crippen LogP contribution >= 0.6 is 11.6 Å². The zero-order chi connectivity index (χ0) is 23.9. The van der Waals surface area contributed by atoms with E-state index in [0.717, 1.165) is 36.7 Å². The number of fused-ring (bicyclic) bond motifs is 3. The van der Waals surface area contributed by atoms with Crippen molar-refractivity contribution in [1.82, 2.24) is 4.57 Å². The number of rotatable bonds is 7. The first-order valence-corrected chi connectivity index (χ1v) is 11.0. The quantitative estimate of drug-likeness (QED) is 0.433. The van der Waals surface area contributed by atoms with Crippen molar-refractivity contribution in [2.24, 2.45) is 0 Å². The van der Waals surface area contributed by atoms with Crippen LogP contribution in [0.15, 0.2) is 30.3 Å². The Labute approximate surface area is 193 Å². The minimum Gasteiger partial charge on any atom is -0.490 e. The molecule has 0 saturated heterocycles. The molecule has 3 aromatic rings. The Morgan fingerprint density at radius 3 is 2.61 bits per heavy atom. The number of carboxylic acids is 1. The maximum atomic E-state index is 13.5. The van der Waals surface area contributed by atoms with Crippen molar-refractivity contribution in [3.63, 3.8) is 0 Å². The lowest BCUT2D eigenvalue weighted by molar-refractivity contribution is -0.139. The first kappa shape index (κ1) is 23.3. The highest BCUT2D eigenvalue weighted by atomic mass is 35.5. The van der Waals surface area contributed by atoms with Gasteiger partial charge in [-0.25, -0.2) is 0 Å². The number of hydrogen-bond donors (Lipinski definition) is 1. The predicted octanol–water partition coefficient (Wildman–Crippen LogP) is 6.25. The number of aromatic nitrogens is 1. The first-order valence-electron chi connectivity index (χ1n) is 10.6. The van der Waals surface area contributed by atoms with Gasteiger partial charge in [-0.2, -0.15) is 13.2 Å². The zero-order valence-electron chi connectivity index (χ0n) is 18.1. The molecule has 0 aliphatic carbocycles. The highest BCUT2D eigenvalue weighted by molar-refractivity contribution is 6.37. The molecule has 0 atom stereocenters. The van der Waals surface area contributed by atoms with E-state index < -0.39 is 23.8 Å². The number of benzene rings is 2. The predicted molar refractivity (Wildman–Crippen MR) is 118 cm³/mol. The second-order valence-electron chi connectivity index (χ2n) is 8.31. The van der Waals surface area contributed by atoms with Crippen LogP contribution in [0.5, 0.6) is 11.5 Å². The standard InChI is InChI=1S/C24H23ClF3NO4/c1-13(2)33-20-7-5-14(10-16(20)24(26,27)28)12-32-19-8-6-17-22(15(19)11-21(30)31)23(25)18-4-3-9-29(17)18/h5-8,10,13H,3-4,9,11-12H2,1-2H3,(H,30,31). The molecule has 0 bridgehead atoms. The van der Waals surface area contributed by atoms with Gasteiger partial charge in [0, 0.05) is 23.2 Å². The Morgan fingerprint density at radius 1 is 1.21 bits per heavy atom. The largest absolute Gasteiger partial charge is 0.490 e. The third-order valence-corrected chi connectivity index (χ3v) is 5.97. The van der Waals surface area contributed by atoms with E-state index in [2.05, 4.69) is 4.57 Å². The molecule has 1 N–H and O–H groups in total. The van der Waals surface area contributed by atoms with Gasteiger partial charge < -0.3 is 19.1 Å². The van der Waals surface area contributed by atoms with Crippen LogP contribution in [0.4, 0.5) is 13.2 Å². The number of aliphatic carboxylic acids is 1. The molecule has 1 aliphatic rings. The Hall–Kier alpha value is -2.87. The van der Waals surface area contributed by atoms with E-state index in [4.69, 9.17) is 21.1 Å². The first-order chi connectivity index (χ1) is 15.6. The van der Waals surface area contributed by atoms with Crippen molar-refractivity contribution in [3.8, 4) is 11.5 Å². The van der Waals surface area contributed by atoms with E-state index in [0.29, 0.717) is 16.0 Å². The molecule has 0 spiro atoms. The molecule has 0 fully saturated rings. The highest BCUT2D eigenvalue weighted by Crippen LogP contribution is 2.41. The molecule has 9 heteroatoms. The van der Waals surface area contributed by atoms with Gasteiger partial charge in [0.05, 0.1) is 28.6 Å². The van der Waals surface area contributed by atoms with Crippen molar-refractivity contribution in [2.45, 2.75) is 58.5 Å². The smallest absolute Gasteiger partial charge is 0.419 e. The fraction of sp³-hybridized carbons (Fsp3) is 0.375. The Bertz CT molecular complexity index is 1220. The molecule has 0 radical (unpaired) electrons. The summed E-state index contributed by atoms with van der Waals surface area (Å²) in [5.74, 6) is -1.01. The van der Waals surface area contributed by atoms with Crippen molar-refractivity contribution < 1.29 is 32.5 Å². The molecule has 1 aromatic heterocycles. The average Bonchev–Trinajstić information content (AvgIpc) is 3.30. The summed E-state index contributed by atoms with van der Waals surface area (Å²) < 4.78 is 53.9. The fourth-order valence-corrected chi connectivity index (χ4v) is 4.67. The van der Waals surface area contributed by atoms with Gasteiger partial charge in [0.25, 0.3) is 0 Å². The van der Waals surface area contributed by atoms with Gasteiger partial charge in [-0.1, -0.05) is 17.7 Å². The number of hydrogen-bond acceptors (Lipinski definition) is 3. The summed E-state index contributed by atoms with van der Waals surface area (Å²) in [6.07, 6.45) is -3.54. The summed E-state index contributed by atoms with van der Waals surface area (Å²) in [6.45, 7) is 3.94. The molecule has 0 unspecified atom stereocenters. The Morgan fingerprint density at radius 2 is 1.94 bits per heavy atom. The molecule has 1 aliphatic heterocycles. The van der Waals surface area contributed by atoms with E-state index in [-0.39, 0.29) is 30.1 Å². The summed E-state index contributed by atoms with van der Waals surface area (Å²) in [6, 6.07) is 7.24. The maximum absolute atomic E-state index is 13.5. The zero-order valence-corrected chi connectivity index (χ0v) is 18.9. The number of nitrogens with zero attached hydrogens (tertiary/aromatic N) is 1. The monoisotopic (exact) mass is 481 g/mol. The van der Waals surface area contributed by atoms with Crippen LogP contribution in [0.2, 0.25) is 5.02 Å². The number of alkyl halides is 3. The number of ether oxygens (including phenoxy) is 2. The number of carboxylic acid groups (broad SMARTS) is 1. The Kier molecular flexibility index (Phi) is 6.22. The molecular weight excluding hydrogens is 459 g/mol. The third-order valence-electron chi connectivity index (χ3n) is 5.57. The van der Waals surface area contributed by atoms with Gasteiger partial charge in [-0.15, -0.1) is 0 Å². The summed E-state index contributed by atoms with van der Waals surface area (Å²) >= 11 is 6.60. The second kappa shape index (κ2) is 8.82. The molecule has 2 aromatic carbocycles. The van der Waals surface area contributed by atoms with Crippen LogP contribution in [0.3, 0.4) is 0 Å². The van der Waals surface area contributed by atoms with Gasteiger partial charge in [-0.3, -0.25) is 4.79 Å². The SMILES string of the molecule is CC(C)Oc1ccc(COc2ccc3c(c(Cl)c4n3CCC4)c2CC(=O)O)cc1C(F)(F)F. The fourth-order valence-electron chi connectivity index (χ4n) is 4.27. The molecule has 176 valence electrons. The number of aryl methyl sites for hydroxylation is 1. The normalized spacial score (nSPS) is 13.5. The van der Waals surface area contributed by atoms with Crippen molar-refractivity contribution in [1.29, 1.82) is 0 Å². The lowest BCUT2D eigenvalue weighted by Crippen LogP contribution is -2.13. The van der Waals surface area contributed by atoms with Crippen molar-refractivity contribution in [3.05, 3.63) is 57.7 Å². The van der Waals surface area contributed by atoms with Gasteiger partial charge in [0.1, 0.15) is 18.1 Å². The van der Waals surface area contributed by atoms with Gasteiger partial charge in [0.15, 0.2) is 0 Å². The topological polar surface area (TPSA) is 60.7 Å². The van der Waals surface area contributed by atoms with Gasteiger partial charge in [0.2, 0.25) is 0 Å². The van der Waals surface area contributed by atoms with E-state index in [1.165, 1.54) is 12.1 Å². The number of halogens is 4. The van der Waals surface area contributed by atoms with Crippen molar-refractivity contribution >= 4 is 28.5 Å². The number of carbonyl (C=O) groups is 1. The highest BCUT2D eigenvalue weighted by Gasteiger charge is 2.35.